The Balaban J connectivity index is 2.59. The van der Waals surface area contributed by atoms with Gasteiger partial charge >= 0.3 is 0 Å². The fourth-order valence-corrected chi connectivity index (χ4v) is 2.27. The summed E-state index contributed by atoms with van der Waals surface area (Å²) in [7, 11) is 0. The number of hydrogen-bond acceptors (Lipinski definition) is 1. The molecule has 1 saturated heterocycles. The number of hydrogen-bond donors (Lipinski definition) is 0. The van der Waals surface area contributed by atoms with Crippen molar-refractivity contribution in [2.75, 3.05) is 13.1 Å². The first-order chi connectivity index (χ1) is 7.17. The molecule has 16 heavy (non-hydrogen) atoms. The number of rotatable bonds is 1. The van der Waals surface area contributed by atoms with E-state index in [1.165, 1.54) is 0 Å². The van der Waals surface area contributed by atoms with Gasteiger partial charge in [-0.25, -0.2) is 0 Å². The third-order valence-electron chi connectivity index (χ3n) is 4.23. The Labute approximate surface area is 100 Å². The smallest absolute Gasteiger partial charge is 0.227 e. The number of likely N-dealkylation sites (tertiary alicyclic amines) is 1. The molecule has 2 nitrogen and oxygen atoms in total. The molecule has 0 atom stereocenters. The lowest BCUT2D eigenvalue weighted by molar-refractivity contribution is -0.142. The summed E-state index contributed by atoms with van der Waals surface area (Å²) in [5, 5.41) is 0. The van der Waals surface area contributed by atoms with Gasteiger partial charge in [-0.1, -0.05) is 41.5 Å². The normalized spacial score (nSPS) is 21.3. The van der Waals surface area contributed by atoms with Crippen LogP contribution in [0.4, 0.5) is 0 Å². The standard InChI is InChI=1S/C14H27NO/c1-11(2)14(6)7-9-15(10-8-14)12(16)13(3,4)5/h11H,7-10H2,1-6H3. The molecule has 0 aromatic carbocycles. The molecule has 1 amide bonds. The van der Waals surface area contributed by atoms with Crippen LogP contribution in [0.2, 0.25) is 0 Å². The molecule has 1 heterocycles. The van der Waals surface area contributed by atoms with Crippen molar-refractivity contribution in [1.82, 2.24) is 4.90 Å². The molecule has 0 saturated carbocycles. The van der Waals surface area contributed by atoms with E-state index >= 15 is 0 Å². The Bertz CT molecular complexity index is 254. The molecule has 0 aromatic rings. The number of carbonyl (C=O) groups is 1. The van der Waals surface area contributed by atoms with Gasteiger partial charge in [-0.3, -0.25) is 4.79 Å². The summed E-state index contributed by atoms with van der Waals surface area (Å²) in [4.78, 5) is 14.2. The van der Waals surface area contributed by atoms with Crippen molar-refractivity contribution in [1.29, 1.82) is 0 Å². The fraction of sp³-hybridized carbons (Fsp3) is 0.929. The van der Waals surface area contributed by atoms with E-state index in [1.54, 1.807) is 0 Å². The van der Waals surface area contributed by atoms with Crippen LogP contribution in [0.5, 0.6) is 0 Å². The van der Waals surface area contributed by atoms with Crippen LogP contribution in [0.25, 0.3) is 0 Å². The molecular weight excluding hydrogens is 198 g/mol. The molecule has 0 N–H and O–H groups in total. The molecule has 0 spiro atoms. The van der Waals surface area contributed by atoms with Gasteiger partial charge in [-0.05, 0) is 24.2 Å². The van der Waals surface area contributed by atoms with E-state index in [-0.39, 0.29) is 5.41 Å². The highest BCUT2D eigenvalue weighted by molar-refractivity contribution is 5.81. The molecule has 0 aliphatic carbocycles. The highest BCUT2D eigenvalue weighted by Gasteiger charge is 2.36. The van der Waals surface area contributed by atoms with Gasteiger partial charge in [0.15, 0.2) is 0 Å². The zero-order valence-electron chi connectivity index (χ0n) is 11.8. The molecule has 0 aromatic heterocycles. The lowest BCUT2D eigenvalue weighted by Gasteiger charge is -2.43. The summed E-state index contributed by atoms with van der Waals surface area (Å²) in [6, 6.07) is 0. The Hall–Kier alpha value is -0.530. The summed E-state index contributed by atoms with van der Waals surface area (Å²) in [5.74, 6) is 1.01. The number of amides is 1. The van der Waals surface area contributed by atoms with E-state index in [9.17, 15) is 4.79 Å². The van der Waals surface area contributed by atoms with Crippen LogP contribution in [-0.2, 0) is 4.79 Å². The van der Waals surface area contributed by atoms with E-state index in [0.717, 1.165) is 25.9 Å². The second kappa shape index (κ2) is 4.38. The minimum atomic E-state index is -0.231. The summed E-state index contributed by atoms with van der Waals surface area (Å²) >= 11 is 0. The van der Waals surface area contributed by atoms with Crippen LogP contribution in [0.1, 0.15) is 54.4 Å². The minimum absolute atomic E-state index is 0.231. The van der Waals surface area contributed by atoms with Gasteiger partial charge < -0.3 is 4.90 Å². The van der Waals surface area contributed by atoms with Crippen LogP contribution in [0.15, 0.2) is 0 Å². The second-order valence-corrected chi connectivity index (χ2v) is 6.85. The fourth-order valence-electron chi connectivity index (χ4n) is 2.27. The lowest BCUT2D eigenvalue weighted by Crippen LogP contribution is -2.47. The van der Waals surface area contributed by atoms with E-state index in [0.29, 0.717) is 17.2 Å². The van der Waals surface area contributed by atoms with Gasteiger partial charge in [0.1, 0.15) is 0 Å². The molecule has 0 bridgehead atoms. The monoisotopic (exact) mass is 225 g/mol. The van der Waals surface area contributed by atoms with Gasteiger partial charge in [0.2, 0.25) is 5.91 Å². The van der Waals surface area contributed by atoms with Crippen molar-refractivity contribution < 1.29 is 4.79 Å². The number of nitrogens with zero attached hydrogens (tertiary/aromatic N) is 1. The predicted molar refractivity (Wildman–Crippen MR) is 68.2 cm³/mol. The van der Waals surface area contributed by atoms with E-state index in [1.807, 2.05) is 25.7 Å². The zero-order chi connectivity index (χ0) is 12.6. The first kappa shape index (κ1) is 13.5. The maximum Gasteiger partial charge on any atom is 0.227 e. The topological polar surface area (TPSA) is 20.3 Å². The maximum atomic E-state index is 12.1. The summed E-state index contributed by atoms with van der Waals surface area (Å²) < 4.78 is 0. The van der Waals surface area contributed by atoms with Gasteiger partial charge in [-0.15, -0.1) is 0 Å². The highest BCUT2D eigenvalue weighted by atomic mass is 16.2. The Morgan fingerprint density at radius 1 is 1.19 bits per heavy atom. The molecule has 1 aliphatic heterocycles. The van der Waals surface area contributed by atoms with Crippen LogP contribution >= 0.6 is 0 Å². The molecule has 1 aliphatic rings. The molecule has 0 unspecified atom stereocenters. The van der Waals surface area contributed by atoms with E-state index in [2.05, 4.69) is 20.8 Å². The Kier molecular flexibility index (Phi) is 3.71. The minimum Gasteiger partial charge on any atom is -0.342 e. The number of carbonyl (C=O) groups excluding carboxylic acids is 1. The van der Waals surface area contributed by atoms with Crippen molar-refractivity contribution >= 4 is 5.91 Å². The Morgan fingerprint density at radius 3 is 1.94 bits per heavy atom. The largest absolute Gasteiger partial charge is 0.342 e. The average Bonchev–Trinajstić information content (AvgIpc) is 2.16. The van der Waals surface area contributed by atoms with Crippen molar-refractivity contribution in [3.05, 3.63) is 0 Å². The number of piperidine rings is 1. The quantitative estimate of drug-likeness (QED) is 0.670. The predicted octanol–water partition coefficient (Wildman–Crippen LogP) is 3.32. The van der Waals surface area contributed by atoms with E-state index in [4.69, 9.17) is 0 Å². The summed E-state index contributed by atoms with van der Waals surface area (Å²) in [6.07, 6.45) is 2.29. The molecule has 2 heteroatoms. The van der Waals surface area contributed by atoms with Gasteiger partial charge in [0.25, 0.3) is 0 Å². The third-order valence-corrected chi connectivity index (χ3v) is 4.23. The first-order valence-corrected chi connectivity index (χ1v) is 6.46. The lowest BCUT2D eigenvalue weighted by atomic mass is 9.71. The van der Waals surface area contributed by atoms with E-state index < -0.39 is 0 Å². The summed E-state index contributed by atoms with van der Waals surface area (Å²) in [5.41, 5.74) is 0.195. The highest BCUT2D eigenvalue weighted by Crippen LogP contribution is 2.38. The van der Waals surface area contributed by atoms with Crippen LogP contribution < -0.4 is 0 Å². The van der Waals surface area contributed by atoms with Gasteiger partial charge in [0.05, 0.1) is 0 Å². The second-order valence-electron chi connectivity index (χ2n) is 6.85. The molecule has 1 fully saturated rings. The van der Waals surface area contributed by atoms with Crippen LogP contribution in [0, 0.1) is 16.7 Å². The Morgan fingerprint density at radius 2 is 1.62 bits per heavy atom. The maximum absolute atomic E-state index is 12.1. The van der Waals surface area contributed by atoms with Gasteiger partial charge in [-0.2, -0.15) is 0 Å². The molecule has 1 rings (SSSR count). The van der Waals surface area contributed by atoms with Crippen molar-refractivity contribution in [2.45, 2.75) is 54.4 Å². The first-order valence-electron chi connectivity index (χ1n) is 6.46. The average molecular weight is 225 g/mol. The molecule has 0 radical (unpaired) electrons. The van der Waals surface area contributed by atoms with Crippen LogP contribution in [-0.4, -0.2) is 23.9 Å². The van der Waals surface area contributed by atoms with Crippen molar-refractivity contribution in [3.63, 3.8) is 0 Å². The zero-order valence-corrected chi connectivity index (χ0v) is 11.8. The summed E-state index contributed by atoms with van der Waals surface area (Å²) in [6.45, 7) is 14.8. The molecule has 94 valence electrons. The third kappa shape index (κ3) is 2.78. The van der Waals surface area contributed by atoms with Crippen LogP contribution in [0.3, 0.4) is 0 Å². The SMILES string of the molecule is CC(C)C1(C)CCN(C(=O)C(C)(C)C)CC1. The van der Waals surface area contributed by atoms with Gasteiger partial charge in [0, 0.05) is 18.5 Å². The van der Waals surface area contributed by atoms with Crippen molar-refractivity contribution in [2.24, 2.45) is 16.7 Å². The van der Waals surface area contributed by atoms with Crippen molar-refractivity contribution in [3.8, 4) is 0 Å². The molecular formula is C14H27NO.